The highest BCUT2D eigenvalue weighted by atomic mass is 16.5. The topological polar surface area (TPSA) is 77.2 Å². The molecule has 0 spiro atoms. The van der Waals surface area contributed by atoms with Crippen molar-refractivity contribution < 1.29 is 14.1 Å². The van der Waals surface area contributed by atoms with Gasteiger partial charge in [-0.3, -0.25) is 4.79 Å². The molecule has 0 fully saturated rings. The maximum Gasteiger partial charge on any atom is 0.227 e. The molecule has 140 valence electrons. The van der Waals surface area contributed by atoms with E-state index in [0.717, 1.165) is 22.4 Å². The Morgan fingerprint density at radius 3 is 2.63 bits per heavy atom. The Morgan fingerprint density at radius 2 is 1.93 bits per heavy atom. The highest BCUT2D eigenvalue weighted by Gasteiger charge is 2.14. The molecule has 3 rings (SSSR count). The number of aromatic nitrogens is 2. The van der Waals surface area contributed by atoms with E-state index in [9.17, 15) is 4.79 Å². The predicted octanol–water partition coefficient (Wildman–Crippen LogP) is 3.86. The Kier molecular flexibility index (Phi) is 5.86. The molecule has 3 aromatic rings. The number of benzene rings is 2. The van der Waals surface area contributed by atoms with Crippen molar-refractivity contribution in [3.8, 4) is 17.1 Å². The molecule has 1 unspecified atom stereocenters. The van der Waals surface area contributed by atoms with Crippen molar-refractivity contribution in [2.75, 3.05) is 7.11 Å². The van der Waals surface area contributed by atoms with Crippen LogP contribution in [-0.4, -0.2) is 23.2 Å². The zero-order chi connectivity index (χ0) is 19.2. The summed E-state index contributed by atoms with van der Waals surface area (Å²) in [6, 6.07) is 15.4. The van der Waals surface area contributed by atoms with Crippen molar-refractivity contribution in [1.82, 2.24) is 15.5 Å². The number of aryl methyl sites for hydroxylation is 2. The molecule has 1 N–H and O–H groups in total. The fourth-order valence-electron chi connectivity index (χ4n) is 2.90. The lowest BCUT2D eigenvalue weighted by Gasteiger charge is -2.16. The maximum atomic E-state index is 12.2. The molecule has 0 aliphatic carbocycles. The normalized spacial score (nSPS) is 11.8. The largest absolute Gasteiger partial charge is 0.497 e. The molecule has 1 heterocycles. The summed E-state index contributed by atoms with van der Waals surface area (Å²) in [6.45, 7) is 4.02. The second-order valence-electron chi connectivity index (χ2n) is 6.39. The molecule has 6 heteroatoms. The number of nitrogens with one attached hydrogen (secondary N) is 1. The number of ether oxygens (including phenoxy) is 1. The van der Waals surface area contributed by atoms with Crippen molar-refractivity contribution in [3.05, 3.63) is 65.5 Å². The Labute approximate surface area is 158 Å². The van der Waals surface area contributed by atoms with Crippen LogP contribution in [0.1, 0.15) is 36.4 Å². The summed E-state index contributed by atoms with van der Waals surface area (Å²) in [5.41, 5.74) is 3.11. The second-order valence-corrected chi connectivity index (χ2v) is 6.39. The molecule has 0 aliphatic rings. The first-order valence-corrected chi connectivity index (χ1v) is 8.88. The smallest absolute Gasteiger partial charge is 0.227 e. The molecule has 27 heavy (non-hydrogen) atoms. The quantitative estimate of drug-likeness (QED) is 0.688. The number of hydrogen-bond donors (Lipinski definition) is 1. The number of carbonyl (C=O) groups excluding carboxylic acids is 1. The molecule has 1 atom stereocenters. The second kappa shape index (κ2) is 8.49. The van der Waals surface area contributed by atoms with E-state index in [1.54, 1.807) is 7.11 Å². The number of methoxy groups -OCH3 is 1. The first-order valence-electron chi connectivity index (χ1n) is 8.88. The van der Waals surface area contributed by atoms with E-state index in [4.69, 9.17) is 9.26 Å². The van der Waals surface area contributed by atoms with Gasteiger partial charge in [0, 0.05) is 18.4 Å². The van der Waals surface area contributed by atoms with Gasteiger partial charge in [0.2, 0.25) is 17.6 Å². The first-order chi connectivity index (χ1) is 13.1. The highest BCUT2D eigenvalue weighted by molar-refractivity contribution is 5.76. The van der Waals surface area contributed by atoms with Crippen molar-refractivity contribution in [2.45, 2.75) is 32.7 Å². The van der Waals surface area contributed by atoms with E-state index < -0.39 is 0 Å². The highest BCUT2D eigenvalue weighted by Crippen LogP contribution is 2.20. The fourth-order valence-corrected chi connectivity index (χ4v) is 2.90. The maximum absolute atomic E-state index is 12.2. The Balaban J connectivity index is 1.55. The molecular weight excluding hydrogens is 342 g/mol. The zero-order valence-corrected chi connectivity index (χ0v) is 15.7. The van der Waals surface area contributed by atoms with Gasteiger partial charge in [0.05, 0.1) is 13.2 Å². The van der Waals surface area contributed by atoms with E-state index in [-0.39, 0.29) is 11.9 Å². The molecule has 0 radical (unpaired) electrons. The Bertz CT molecular complexity index is 903. The molecule has 2 aromatic carbocycles. The van der Waals surface area contributed by atoms with Crippen LogP contribution in [0.4, 0.5) is 0 Å². The third-order valence-corrected chi connectivity index (χ3v) is 4.41. The zero-order valence-electron chi connectivity index (χ0n) is 15.7. The summed E-state index contributed by atoms with van der Waals surface area (Å²) in [4.78, 5) is 16.6. The predicted molar refractivity (Wildman–Crippen MR) is 102 cm³/mol. The van der Waals surface area contributed by atoms with E-state index in [1.165, 1.54) is 0 Å². The van der Waals surface area contributed by atoms with Gasteiger partial charge in [-0.1, -0.05) is 29.4 Å². The van der Waals surface area contributed by atoms with Crippen LogP contribution in [0.25, 0.3) is 11.4 Å². The van der Waals surface area contributed by atoms with Crippen LogP contribution < -0.4 is 10.1 Å². The van der Waals surface area contributed by atoms with Crippen LogP contribution in [0.5, 0.6) is 5.75 Å². The fraction of sp³-hybridized carbons (Fsp3) is 0.286. The SMILES string of the molecule is COc1ccc(-c2noc(CCC(=O)NC(C)c3ccccc3C)n2)cc1. The Hall–Kier alpha value is -3.15. The van der Waals surface area contributed by atoms with Crippen molar-refractivity contribution in [2.24, 2.45) is 0 Å². The van der Waals surface area contributed by atoms with Gasteiger partial charge in [0.1, 0.15) is 5.75 Å². The third kappa shape index (κ3) is 4.73. The minimum atomic E-state index is -0.0463. The van der Waals surface area contributed by atoms with Gasteiger partial charge < -0.3 is 14.6 Å². The minimum absolute atomic E-state index is 0.0451. The molecule has 0 bridgehead atoms. The molecule has 0 saturated carbocycles. The number of nitrogens with zero attached hydrogens (tertiary/aromatic N) is 2. The lowest BCUT2D eigenvalue weighted by molar-refractivity contribution is -0.121. The molecule has 0 saturated heterocycles. The number of amides is 1. The standard InChI is InChI=1S/C21H23N3O3/c1-14-6-4-5-7-18(14)15(2)22-19(25)12-13-20-23-21(24-27-20)16-8-10-17(26-3)11-9-16/h4-11,15H,12-13H2,1-3H3,(H,22,25). The van der Waals surface area contributed by atoms with Crippen LogP contribution in [0, 0.1) is 6.92 Å². The van der Waals surface area contributed by atoms with E-state index in [1.807, 2.05) is 62.4 Å². The van der Waals surface area contributed by atoms with Gasteiger partial charge in [-0.05, 0) is 49.2 Å². The summed E-state index contributed by atoms with van der Waals surface area (Å²) < 4.78 is 10.4. The van der Waals surface area contributed by atoms with Crippen LogP contribution >= 0.6 is 0 Å². The van der Waals surface area contributed by atoms with Gasteiger partial charge in [0.15, 0.2) is 0 Å². The number of rotatable bonds is 7. The van der Waals surface area contributed by atoms with E-state index >= 15 is 0 Å². The van der Waals surface area contributed by atoms with Crippen molar-refractivity contribution in [1.29, 1.82) is 0 Å². The van der Waals surface area contributed by atoms with Crippen molar-refractivity contribution in [3.63, 3.8) is 0 Å². The third-order valence-electron chi connectivity index (χ3n) is 4.41. The summed E-state index contributed by atoms with van der Waals surface area (Å²) in [5.74, 6) is 1.66. The summed E-state index contributed by atoms with van der Waals surface area (Å²) in [5, 5.41) is 7.00. The van der Waals surface area contributed by atoms with Crippen LogP contribution in [0.3, 0.4) is 0 Å². The summed E-state index contributed by atoms with van der Waals surface area (Å²) in [6.07, 6.45) is 0.690. The Morgan fingerprint density at radius 1 is 1.19 bits per heavy atom. The van der Waals surface area contributed by atoms with E-state index in [2.05, 4.69) is 15.5 Å². The minimum Gasteiger partial charge on any atom is -0.497 e. The van der Waals surface area contributed by atoms with Crippen LogP contribution in [0.2, 0.25) is 0 Å². The van der Waals surface area contributed by atoms with Gasteiger partial charge in [-0.25, -0.2) is 0 Å². The van der Waals surface area contributed by atoms with Gasteiger partial charge >= 0.3 is 0 Å². The molecule has 0 aliphatic heterocycles. The average Bonchev–Trinajstić information content (AvgIpc) is 3.16. The lowest BCUT2D eigenvalue weighted by atomic mass is 10.0. The number of carbonyl (C=O) groups is 1. The molecule has 1 aromatic heterocycles. The lowest BCUT2D eigenvalue weighted by Crippen LogP contribution is -2.27. The summed E-state index contributed by atoms with van der Waals surface area (Å²) in [7, 11) is 1.62. The number of hydrogen-bond acceptors (Lipinski definition) is 5. The first kappa shape index (κ1) is 18.6. The van der Waals surface area contributed by atoms with Crippen LogP contribution in [-0.2, 0) is 11.2 Å². The summed E-state index contributed by atoms with van der Waals surface area (Å²) >= 11 is 0. The monoisotopic (exact) mass is 365 g/mol. The molecule has 1 amide bonds. The van der Waals surface area contributed by atoms with E-state index in [0.29, 0.717) is 24.6 Å². The van der Waals surface area contributed by atoms with Crippen LogP contribution in [0.15, 0.2) is 53.1 Å². The van der Waals surface area contributed by atoms with Gasteiger partial charge in [-0.15, -0.1) is 0 Å². The molecule has 6 nitrogen and oxygen atoms in total. The van der Waals surface area contributed by atoms with Gasteiger partial charge in [0.25, 0.3) is 0 Å². The van der Waals surface area contributed by atoms with Crippen molar-refractivity contribution >= 4 is 5.91 Å². The average molecular weight is 365 g/mol. The molecular formula is C21H23N3O3. The van der Waals surface area contributed by atoms with Gasteiger partial charge in [-0.2, -0.15) is 4.98 Å².